The smallest absolute Gasteiger partial charge is 0.289 e. The summed E-state index contributed by atoms with van der Waals surface area (Å²) in [6.45, 7) is 4.19. The normalized spacial score (nSPS) is 18.0. The van der Waals surface area contributed by atoms with E-state index >= 15 is 0 Å². The van der Waals surface area contributed by atoms with Crippen molar-refractivity contribution >= 4 is 11.7 Å². The van der Waals surface area contributed by atoms with Crippen molar-refractivity contribution in [3.63, 3.8) is 0 Å². The molecule has 2 aliphatic heterocycles. The Morgan fingerprint density at radius 3 is 2.77 bits per heavy atom. The van der Waals surface area contributed by atoms with Crippen molar-refractivity contribution < 1.29 is 28.6 Å². The van der Waals surface area contributed by atoms with Crippen LogP contribution in [0.25, 0.3) is 0 Å². The van der Waals surface area contributed by atoms with Crippen molar-refractivity contribution in [3.8, 4) is 23.3 Å². The Morgan fingerprint density at radius 2 is 1.97 bits per heavy atom. The van der Waals surface area contributed by atoms with Crippen LogP contribution in [0.4, 0.5) is 0 Å². The number of nitrogens with zero attached hydrogens (tertiary/aromatic N) is 1. The summed E-state index contributed by atoms with van der Waals surface area (Å²) in [7, 11) is 0. The van der Waals surface area contributed by atoms with Gasteiger partial charge < -0.3 is 23.9 Å². The molecule has 156 valence electrons. The molecule has 1 aromatic carbocycles. The summed E-state index contributed by atoms with van der Waals surface area (Å²) in [5, 5.41) is 9.69. The highest BCUT2D eigenvalue weighted by molar-refractivity contribution is 5.99. The lowest BCUT2D eigenvalue weighted by atomic mass is 9.89. The highest BCUT2D eigenvalue weighted by Gasteiger charge is 2.31. The molecule has 0 radical (unpaired) electrons. The standard InChI is InChI=1S/C23H23NO6/c1-23(2,27)10-9-17-6-8-19(30-17)22(26)24-11-3-4-16(13-24)21(25)15-5-7-18-20(12-15)29-14-28-18/h5-8,12,16,27H,3-4,11,13-14H2,1-2H3/t16-/m0/s1. The molecular weight excluding hydrogens is 386 g/mol. The van der Waals surface area contributed by atoms with Crippen LogP contribution in [0.1, 0.15) is 53.4 Å². The highest BCUT2D eigenvalue weighted by Crippen LogP contribution is 2.34. The average molecular weight is 409 g/mol. The fourth-order valence-corrected chi connectivity index (χ4v) is 3.55. The van der Waals surface area contributed by atoms with E-state index < -0.39 is 5.60 Å². The molecule has 2 aliphatic rings. The lowest BCUT2D eigenvalue weighted by molar-refractivity contribution is 0.0610. The number of piperidine rings is 1. The Morgan fingerprint density at radius 1 is 1.17 bits per heavy atom. The van der Waals surface area contributed by atoms with E-state index in [1.165, 1.54) is 0 Å². The lowest BCUT2D eigenvalue weighted by Crippen LogP contribution is -2.42. The van der Waals surface area contributed by atoms with Gasteiger partial charge in [0.2, 0.25) is 6.79 Å². The molecule has 30 heavy (non-hydrogen) atoms. The third-order valence-corrected chi connectivity index (χ3v) is 5.04. The van der Waals surface area contributed by atoms with E-state index in [-0.39, 0.29) is 30.2 Å². The van der Waals surface area contributed by atoms with Crippen molar-refractivity contribution in [3.05, 3.63) is 47.4 Å². The number of Topliss-reactive ketones (excluding diaryl/α,β-unsaturated/α-hetero) is 1. The number of benzene rings is 1. The van der Waals surface area contributed by atoms with Gasteiger partial charge in [-0.3, -0.25) is 9.59 Å². The number of ketones is 1. The Hall–Kier alpha value is -3.24. The van der Waals surface area contributed by atoms with Gasteiger partial charge in [-0.25, -0.2) is 0 Å². The molecule has 7 heteroatoms. The number of carbonyl (C=O) groups is 2. The van der Waals surface area contributed by atoms with Crippen LogP contribution in [-0.4, -0.2) is 47.2 Å². The second-order valence-corrected chi connectivity index (χ2v) is 8.00. The first-order valence-corrected chi connectivity index (χ1v) is 9.89. The summed E-state index contributed by atoms with van der Waals surface area (Å²) in [6.07, 6.45) is 1.45. The maximum atomic E-state index is 13.0. The number of rotatable bonds is 3. The van der Waals surface area contributed by atoms with Gasteiger partial charge in [-0.2, -0.15) is 0 Å². The molecule has 0 saturated carbocycles. The van der Waals surface area contributed by atoms with Gasteiger partial charge in [0.15, 0.2) is 28.8 Å². The molecule has 1 aromatic heterocycles. The predicted molar refractivity (Wildman–Crippen MR) is 107 cm³/mol. The summed E-state index contributed by atoms with van der Waals surface area (Å²) >= 11 is 0. The lowest BCUT2D eigenvalue weighted by Gasteiger charge is -2.31. The summed E-state index contributed by atoms with van der Waals surface area (Å²) < 4.78 is 16.2. The van der Waals surface area contributed by atoms with Gasteiger partial charge in [0.05, 0.1) is 0 Å². The van der Waals surface area contributed by atoms with E-state index in [4.69, 9.17) is 13.9 Å². The van der Waals surface area contributed by atoms with Crippen LogP contribution in [0.3, 0.4) is 0 Å². The molecule has 0 unspecified atom stereocenters. The molecule has 2 aromatic rings. The summed E-state index contributed by atoms with van der Waals surface area (Å²) in [5.41, 5.74) is -0.590. The first kappa shape index (κ1) is 20.0. The Bertz CT molecular complexity index is 1040. The average Bonchev–Trinajstić information content (AvgIpc) is 3.39. The zero-order valence-electron chi connectivity index (χ0n) is 16.9. The Labute approximate surface area is 174 Å². The van der Waals surface area contributed by atoms with Crippen LogP contribution >= 0.6 is 0 Å². The molecule has 0 bridgehead atoms. The molecule has 4 rings (SSSR count). The molecule has 7 nitrogen and oxygen atoms in total. The van der Waals surface area contributed by atoms with Gasteiger partial charge in [0.25, 0.3) is 5.91 Å². The van der Waals surface area contributed by atoms with Gasteiger partial charge in [0, 0.05) is 24.6 Å². The first-order chi connectivity index (χ1) is 14.3. The zero-order chi connectivity index (χ0) is 21.3. The molecule has 0 spiro atoms. The van der Waals surface area contributed by atoms with Crippen molar-refractivity contribution in [1.29, 1.82) is 0 Å². The van der Waals surface area contributed by atoms with Crippen molar-refractivity contribution in [1.82, 2.24) is 4.90 Å². The molecule has 1 atom stereocenters. The number of carbonyl (C=O) groups excluding carboxylic acids is 2. The number of fused-ring (bicyclic) bond motifs is 1. The second-order valence-electron chi connectivity index (χ2n) is 8.00. The minimum atomic E-state index is -1.15. The van der Waals surface area contributed by atoms with Crippen LogP contribution < -0.4 is 9.47 Å². The van der Waals surface area contributed by atoms with Crippen molar-refractivity contribution in [2.45, 2.75) is 32.3 Å². The maximum absolute atomic E-state index is 13.0. The highest BCUT2D eigenvalue weighted by atomic mass is 16.7. The summed E-state index contributed by atoms with van der Waals surface area (Å²) in [4.78, 5) is 27.5. The van der Waals surface area contributed by atoms with E-state index in [1.807, 2.05) is 0 Å². The fraction of sp³-hybridized carbons (Fsp3) is 0.391. The summed E-state index contributed by atoms with van der Waals surface area (Å²) in [5.74, 6) is 6.49. The fourth-order valence-electron chi connectivity index (χ4n) is 3.55. The largest absolute Gasteiger partial charge is 0.454 e. The van der Waals surface area contributed by atoms with E-state index in [9.17, 15) is 14.7 Å². The minimum absolute atomic E-state index is 0.0121. The van der Waals surface area contributed by atoms with Crippen LogP contribution in [0.5, 0.6) is 11.5 Å². The Kier molecular flexibility index (Phi) is 5.27. The maximum Gasteiger partial charge on any atom is 0.289 e. The van der Waals surface area contributed by atoms with Crippen molar-refractivity contribution in [2.75, 3.05) is 19.9 Å². The third kappa shape index (κ3) is 4.34. The van der Waals surface area contributed by atoms with E-state index in [0.717, 1.165) is 12.8 Å². The van der Waals surface area contributed by atoms with E-state index in [1.54, 1.807) is 49.1 Å². The van der Waals surface area contributed by atoms with E-state index in [2.05, 4.69) is 11.8 Å². The van der Waals surface area contributed by atoms with Gasteiger partial charge in [-0.15, -0.1) is 0 Å². The number of ether oxygens (including phenoxy) is 2. The second kappa shape index (κ2) is 7.88. The SMILES string of the molecule is CC(C)(O)C#Cc1ccc(C(=O)N2CCC[C@H](C(=O)c3ccc4c(c3)OCO4)C2)o1. The molecule has 1 saturated heterocycles. The molecule has 1 amide bonds. The molecule has 3 heterocycles. The topological polar surface area (TPSA) is 89.2 Å². The zero-order valence-corrected chi connectivity index (χ0v) is 16.9. The Balaban J connectivity index is 1.44. The number of hydrogen-bond donors (Lipinski definition) is 1. The number of hydrogen-bond acceptors (Lipinski definition) is 6. The number of aliphatic hydroxyl groups is 1. The van der Waals surface area contributed by atoms with Gasteiger partial charge in [0.1, 0.15) is 5.60 Å². The number of amides is 1. The third-order valence-electron chi connectivity index (χ3n) is 5.04. The number of likely N-dealkylation sites (tertiary alicyclic amines) is 1. The van der Waals surface area contributed by atoms with Crippen LogP contribution in [-0.2, 0) is 0 Å². The molecule has 1 N–H and O–H groups in total. The molecular formula is C23H23NO6. The van der Waals surface area contributed by atoms with Crippen molar-refractivity contribution in [2.24, 2.45) is 5.92 Å². The van der Waals surface area contributed by atoms with Gasteiger partial charge in [-0.05, 0) is 62.9 Å². The van der Waals surface area contributed by atoms with Crippen LogP contribution in [0, 0.1) is 17.8 Å². The number of furan rings is 1. The monoisotopic (exact) mass is 409 g/mol. The molecule has 0 aliphatic carbocycles. The molecule has 1 fully saturated rings. The summed E-state index contributed by atoms with van der Waals surface area (Å²) in [6, 6.07) is 8.34. The van der Waals surface area contributed by atoms with Crippen LogP contribution in [0.2, 0.25) is 0 Å². The van der Waals surface area contributed by atoms with Crippen LogP contribution in [0.15, 0.2) is 34.7 Å². The quantitative estimate of drug-likeness (QED) is 0.619. The van der Waals surface area contributed by atoms with Gasteiger partial charge in [-0.1, -0.05) is 5.92 Å². The van der Waals surface area contributed by atoms with E-state index in [0.29, 0.717) is 35.9 Å². The predicted octanol–water partition coefficient (Wildman–Crippen LogP) is 2.87. The first-order valence-electron chi connectivity index (χ1n) is 9.89. The minimum Gasteiger partial charge on any atom is -0.454 e. The van der Waals surface area contributed by atoms with Gasteiger partial charge >= 0.3 is 0 Å².